The van der Waals surface area contributed by atoms with E-state index < -0.39 is 23.3 Å². The number of fused-ring (bicyclic) bond motifs is 1. The summed E-state index contributed by atoms with van der Waals surface area (Å²) in [5.41, 5.74) is 0.343. The molecule has 3 aromatic rings. The van der Waals surface area contributed by atoms with Crippen LogP contribution in [-0.4, -0.2) is 38.4 Å². The number of aryl methyl sites for hydroxylation is 1. The van der Waals surface area contributed by atoms with Gasteiger partial charge in [-0.05, 0) is 37.1 Å². The smallest absolute Gasteiger partial charge is 0.335 e. The normalized spacial score (nSPS) is 17.7. The Morgan fingerprint density at radius 1 is 1.21 bits per heavy atom. The number of piperidine rings is 1. The fraction of sp³-hybridized carbons (Fsp3) is 0.381. The fourth-order valence-electron chi connectivity index (χ4n) is 4.06. The van der Waals surface area contributed by atoms with Crippen molar-refractivity contribution in [1.82, 2.24) is 19.4 Å². The Hall–Kier alpha value is -2.90. The van der Waals surface area contributed by atoms with E-state index >= 15 is 0 Å². The van der Waals surface area contributed by atoms with Crippen LogP contribution in [0.2, 0.25) is 0 Å². The number of likely N-dealkylation sites (tertiary alicyclic amines) is 1. The minimum Gasteiger partial charge on any atom is -0.335 e. The number of carbonyl (C=O) groups excluding carboxylic acids is 1. The van der Waals surface area contributed by atoms with Crippen LogP contribution in [0.5, 0.6) is 0 Å². The third kappa shape index (κ3) is 3.59. The third-order valence-corrected chi connectivity index (χ3v) is 5.35. The SMILES string of the molecule is CCc1nc2ccccc2n1C1CCCN(C(=O)c2ncccc2C(F)(F)F)C1. The summed E-state index contributed by atoms with van der Waals surface area (Å²) in [6.45, 7) is 2.77. The molecule has 8 heteroatoms. The molecule has 3 heterocycles. The lowest BCUT2D eigenvalue weighted by Crippen LogP contribution is -2.42. The van der Waals surface area contributed by atoms with Crippen molar-refractivity contribution in [2.24, 2.45) is 0 Å². The van der Waals surface area contributed by atoms with Crippen LogP contribution in [0.25, 0.3) is 11.0 Å². The van der Waals surface area contributed by atoms with Crippen molar-refractivity contribution < 1.29 is 18.0 Å². The van der Waals surface area contributed by atoms with Crippen LogP contribution in [-0.2, 0) is 12.6 Å². The van der Waals surface area contributed by atoms with E-state index in [9.17, 15) is 18.0 Å². The average molecular weight is 402 g/mol. The highest BCUT2D eigenvalue weighted by Gasteiger charge is 2.38. The lowest BCUT2D eigenvalue weighted by atomic mass is 10.0. The number of pyridine rings is 1. The van der Waals surface area contributed by atoms with Crippen molar-refractivity contribution in [2.45, 2.75) is 38.4 Å². The summed E-state index contributed by atoms with van der Waals surface area (Å²) in [6, 6.07) is 9.87. The quantitative estimate of drug-likeness (QED) is 0.649. The topological polar surface area (TPSA) is 51.0 Å². The fourth-order valence-corrected chi connectivity index (χ4v) is 4.06. The first-order chi connectivity index (χ1) is 13.9. The van der Waals surface area contributed by atoms with Gasteiger partial charge in [-0.15, -0.1) is 0 Å². The number of benzene rings is 1. The number of hydrogen-bond donors (Lipinski definition) is 0. The molecular formula is C21H21F3N4O. The van der Waals surface area contributed by atoms with E-state index in [1.807, 2.05) is 31.2 Å². The van der Waals surface area contributed by atoms with Crippen LogP contribution < -0.4 is 0 Å². The number of aromatic nitrogens is 3. The number of nitrogens with zero attached hydrogens (tertiary/aromatic N) is 4. The third-order valence-electron chi connectivity index (χ3n) is 5.35. The Morgan fingerprint density at radius 3 is 2.76 bits per heavy atom. The summed E-state index contributed by atoms with van der Waals surface area (Å²) in [6.07, 6.45) is -1.11. The van der Waals surface area contributed by atoms with Crippen molar-refractivity contribution in [3.63, 3.8) is 0 Å². The Balaban J connectivity index is 1.66. The van der Waals surface area contributed by atoms with Crippen molar-refractivity contribution >= 4 is 16.9 Å². The average Bonchev–Trinajstić information content (AvgIpc) is 3.11. The van der Waals surface area contributed by atoms with E-state index in [2.05, 4.69) is 14.5 Å². The van der Waals surface area contributed by atoms with Gasteiger partial charge in [-0.2, -0.15) is 13.2 Å². The van der Waals surface area contributed by atoms with E-state index in [0.717, 1.165) is 35.8 Å². The number of hydrogen-bond acceptors (Lipinski definition) is 3. The monoisotopic (exact) mass is 402 g/mol. The molecule has 1 amide bonds. The van der Waals surface area contributed by atoms with E-state index in [0.29, 0.717) is 19.5 Å². The summed E-state index contributed by atoms with van der Waals surface area (Å²) < 4.78 is 42.1. The van der Waals surface area contributed by atoms with Gasteiger partial charge in [0.25, 0.3) is 5.91 Å². The second-order valence-corrected chi connectivity index (χ2v) is 7.18. The highest BCUT2D eigenvalue weighted by Crippen LogP contribution is 2.33. The van der Waals surface area contributed by atoms with Crippen LogP contribution >= 0.6 is 0 Å². The summed E-state index contributed by atoms with van der Waals surface area (Å²) in [4.78, 5) is 22.9. The number of carbonyl (C=O) groups is 1. The van der Waals surface area contributed by atoms with Gasteiger partial charge in [0, 0.05) is 25.7 Å². The number of imidazole rings is 1. The molecular weight excluding hydrogens is 381 g/mol. The Kier molecular flexibility index (Phi) is 5.02. The van der Waals surface area contributed by atoms with E-state index in [1.54, 1.807) is 0 Å². The summed E-state index contributed by atoms with van der Waals surface area (Å²) in [7, 11) is 0. The maximum Gasteiger partial charge on any atom is 0.418 e. The maximum absolute atomic E-state index is 13.3. The van der Waals surface area contributed by atoms with E-state index in [1.165, 1.54) is 17.2 Å². The molecule has 4 rings (SSSR count). The van der Waals surface area contributed by atoms with E-state index in [-0.39, 0.29) is 6.04 Å². The molecule has 0 bridgehead atoms. The molecule has 0 spiro atoms. The molecule has 0 radical (unpaired) electrons. The maximum atomic E-state index is 13.3. The van der Waals surface area contributed by atoms with Crippen molar-refractivity contribution in [3.05, 3.63) is 59.7 Å². The number of amides is 1. The van der Waals surface area contributed by atoms with Gasteiger partial charge in [0.2, 0.25) is 0 Å². The first-order valence-corrected chi connectivity index (χ1v) is 9.67. The van der Waals surface area contributed by atoms with Gasteiger partial charge < -0.3 is 9.47 Å². The van der Waals surface area contributed by atoms with Gasteiger partial charge >= 0.3 is 6.18 Å². The molecule has 0 saturated carbocycles. The van der Waals surface area contributed by atoms with Gasteiger partial charge in [0.1, 0.15) is 11.5 Å². The second-order valence-electron chi connectivity index (χ2n) is 7.18. The summed E-state index contributed by atoms with van der Waals surface area (Å²) in [5.74, 6) is 0.240. The molecule has 1 fully saturated rings. The molecule has 0 N–H and O–H groups in total. The van der Waals surface area contributed by atoms with Gasteiger partial charge in [-0.25, -0.2) is 4.98 Å². The standard InChI is InChI=1S/C21H21F3N4O/c1-2-18-26-16-9-3-4-10-17(16)28(18)14-7-6-12-27(13-14)20(29)19-15(21(22,23)24)8-5-11-25-19/h3-5,8-11,14H,2,6-7,12-13H2,1H3. The van der Waals surface area contributed by atoms with Gasteiger partial charge in [0.15, 0.2) is 0 Å². The summed E-state index contributed by atoms with van der Waals surface area (Å²) >= 11 is 0. The Labute approximate surface area is 166 Å². The summed E-state index contributed by atoms with van der Waals surface area (Å²) in [5, 5.41) is 0. The van der Waals surface area contributed by atoms with Crippen LogP contribution in [0, 0.1) is 0 Å². The lowest BCUT2D eigenvalue weighted by Gasteiger charge is -2.34. The molecule has 1 saturated heterocycles. The molecule has 1 aromatic carbocycles. The van der Waals surface area contributed by atoms with E-state index in [4.69, 9.17) is 0 Å². The molecule has 5 nitrogen and oxygen atoms in total. The van der Waals surface area contributed by atoms with Gasteiger partial charge in [-0.3, -0.25) is 9.78 Å². The van der Waals surface area contributed by atoms with Gasteiger partial charge in [-0.1, -0.05) is 19.1 Å². The molecule has 0 aliphatic carbocycles. The highest BCUT2D eigenvalue weighted by molar-refractivity contribution is 5.94. The second kappa shape index (κ2) is 7.50. The van der Waals surface area contributed by atoms with Crippen molar-refractivity contribution in [2.75, 3.05) is 13.1 Å². The Morgan fingerprint density at radius 2 is 2.00 bits per heavy atom. The Bertz CT molecular complexity index is 1040. The first kappa shape index (κ1) is 19.4. The van der Waals surface area contributed by atoms with Crippen molar-refractivity contribution in [1.29, 1.82) is 0 Å². The lowest BCUT2D eigenvalue weighted by molar-refractivity contribution is -0.138. The number of halogens is 3. The van der Waals surface area contributed by atoms with Crippen molar-refractivity contribution in [3.8, 4) is 0 Å². The zero-order valence-corrected chi connectivity index (χ0v) is 16.0. The number of alkyl halides is 3. The van der Waals surface area contributed by atoms with Crippen LogP contribution in [0.1, 0.15) is 47.7 Å². The molecule has 1 atom stereocenters. The first-order valence-electron chi connectivity index (χ1n) is 9.67. The molecule has 1 unspecified atom stereocenters. The molecule has 1 aliphatic heterocycles. The molecule has 152 valence electrons. The number of para-hydroxylation sites is 2. The minimum absolute atomic E-state index is 0.0342. The van der Waals surface area contributed by atoms with Crippen LogP contribution in [0.15, 0.2) is 42.6 Å². The van der Waals surface area contributed by atoms with Gasteiger partial charge in [0.05, 0.1) is 22.6 Å². The molecule has 1 aliphatic rings. The number of rotatable bonds is 3. The van der Waals surface area contributed by atoms with Crippen LogP contribution in [0.4, 0.5) is 13.2 Å². The highest BCUT2D eigenvalue weighted by atomic mass is 19.4. The predicted molar refractivity (Wildman–Crippen MR) is 103 cm³/mol. The predicted octanol–water partition coefficient (Wildman–Crippen LogP) is 4.49. The zero-order valence-electron chi connectivity index (χ0n) is 16.0. The van der Waals surface area contributed by atoms with Crippen LogP contribution in [0.3, 0.4) is 0 Å². The minimum atomic E-state index is -4.62. The molecule has 29 heavy (non-hydrogen) atoms. The molecule has 2 aromatic heterocycles. The zero-order chi connectivity index (χ0) is 20.6. The largest absolute Gasteiger partial charge is 0.418 e.